The molecule has 0 saturated heterocycles. The van der Waals surface area contributed by atoms with Crippen LogP contribution in [0.15, 0.2) is 46.9 Å². The molecule has 0 unspecified atom stereocenters. The summed E-state index contributed by atoms with van der Waals surface area (Å²) < 4.78 is 6.19. The zero-order chi connectivity index (χ0) is 13.8. The zero-order valence-corrected chi connectivity index (χ0v) is 12.8. The average Bonchev–Trinajstić information content (AvgIpc) is 2.41. The van der Waals surface area contributed by atoms with E-state index in [2.05, 4.69) is 31.9 Å². The van der Waals surface area contributed by atoms with Crippen molar-refractivity contribution in [2.24, 2.45) is 0 Å². The van der Waals surface area contributed by atoms with Crippen LogP contribution in [0, 0.1) is 10.1 Å². The lowest BCUT2D eigenvalue weighted by molar-refractivity contribution is -0.385. The zero-order valence-electron chi connectivity index (χ0n) is 9.68. The Morgan fingerprint density at radius 1 is 1.16 bits per heavy atom. The van der Waals surface area contributed by atoms with Crippen LogP contribution in [0.1, 0.15) is 5.56 Å². The van der Waals surface area contributed by atoms with Crippen LogP contribution in [0.5, 0.6) is 11.5 Å². The number of hydrogen-bond donors (Lipinski definition) is 0. The molecule has 0 aliphatic rings. The monoisotopic (exact) mass is 385 g/mol. The van der Waals surface area contributed by atoms with E-state index in [9.17, 15) is 10.1 Å². The van der Waals surface area contributed by atoms with Gasteiger partial charge in [0.15, 0.2) is 0 Å². The largest absolute Gasteiger partial charge is 0.450 e. The lowest BCUT2D eigenvalue weighted by atomic mass is 10.2. The minimum atomic E-state index is -0.465. The predicted molar refractivity (Wildman–Crippen MR) is 79.9 cm³/mol. The van der Waals surface area contributed by atoms with Crippen LogP contribution in [0.2, 0.25) is 0 Å². The third-order valence-electron chi connectivity index (χ3n) is 2.42. The number of nitro benzene ring substituents is 1. The smallest absolute Gasteiger partial charge is 0.312 e. The maximum atomic E-state index is 11.0. The summed E-state index contributed by atoms with van der Waals surface area (Å²) in [7, 11) is 0. The number of nitro groups is 1. The van der Waals surface area contributed by atoms with E-state index in [1.54, 1.807) is 24.3 Å². The van der Waals surface area contributed by atoms with Crippen molar-refractivity contribution >= 4 is 37.5 Å². The molecule has 0 aliphatic heterocycles. The van der Waals surface area contributed by atoms with E-state index in [-0.39, 0.29) is 11.4 Å². The minimum absolute atomic E-state index is 0.0704. The molecule has 2 aromatic rings. The van der Waals surface area contributed by atoms with E-state index in [0.717, 1.165) is 10.9 Å². The molecule has 0 heterocycles. The second-order valence-corrected chi connectivity index (χ2v) is 5.23. The van der Waals surface area contributed by atoms with Crippen LogP contribution in [-0.2, 0) is 5.33 Å². The summed E-state index contributed by atoms with van der Waals surface area (Å²) in [5.74, 6) is 0.787. The van der Waals surface area contributed by atoms with Gasteiger partial charge >= 0.3 is 5.69 Å². The Kier molecular flexibility index (Phi) is 4.55. The molecule has 98 valence electrons. The van der Waals surface area contributed by atoms with Gasteiger partial charge in [0.1, 0.15) is 5.75 Å². The molecule has 2 rings (SSSR count). The Morgan fingerprint density at radius 3 is 2.42 bits per heavy atom. The highest BCUT2D eigenvalue weighted by atomic mass is 79.9. The average molecular weight is 387 g/mol. The van der Waals surface area contributed by atoms with Crippen molar-refractivity contribution in [3.05, 3.63) is 62.6 Å². The lowest BCUT2D eigenvalue weighted by Gasteiger charge is -2.07. The molecule has 0 fully saturated rings. The number of ether oxygens (including phenoxy) is 1. The molecule has 0 bridgehead atoms. The van der Waals surface area contributed by atoms with Gasteiger partial charge < -0.3 is 4.74 Å². The lowest BCUT2D eigenvalue weighted by Crippen LogP contribution is -1.93. The summed E-state index contributed by atoms with van der Waals surface area (Å²) in [6.45, 7) is 0. The van der Waals surface area contributed by atoms with Gasteiger partial charge in [-0.25, -0.2) is 0 Å². The SMILES string of the molecule is O=[N+]([O-])c1cc(Br)ccc1Oc1ccc(CBr)cc1. The van der Waals surface area contributed by atoms with Gasteiger partial charge in [-0.3, -0.25) is 10.1 Å². The second-order valence-electron chi connectivity index (χ2n) is 3.75. The van der Waals surface area contributed by atoms with Gasteiger partial charge in [-0.2, -0.15) is 0 Å². The highest BCUT2D eigenvalue weighted by molar-refractivity contribution is 9.10. The summed E-state index contributed by atoms with van der Waals surface area (Å²) in [4.78, 5) is 10.5. The molecule has 0 amide bonds. The molecule has 0 radical (unpaired) electrons. The number of benzene rings is 2. The molecule has 6 heteroatoms. The maximum Gasteiger partial charge on any atom is 0.312 e. The van der Waals surface area contributed by atoms with E-state index in [1.807, 2.05) is 12.1 Å². The predicted octanol–water partition coefficient (Wildman–Crippen LogP) is 5.04. The number of nitrogens with zero attached hydrogens (tertiary/aromatic N) is 1. The van der Waals surface area contributed by atoms with Gasteiger partial charge in [0.25, 0.3) is 0 Å². The van der Waals surface area contributed by atoms with Crippen molar-refractivity contribution in [1.82, 2.24) is 0 Å². The van der Waals surface area contributed by atoms with Crippen LogP contribution in [-0.4, -0.2) is 4.92 Å². The van der Waals surface area contributed by atoms with Crippen molar-refractivity contribution in [3.63, 3.8) is 0 Å². The standard InChI is InChI=1S/C13H9Br2NO3/c14-8-9-1-4-11(5-2-9)19-13-6-3-10(15)7-12(13)16(17)18/h1-7H,8H2. The number of alkyl halides is 1. The van der Waals surface area contributed by atoms with Gasteiger partial charge in [0, 0.05) is 15.9 Å². The van der Waals surface area contributed by atoms with Gasteiger partial charge in [0.05, 0.1) is 4.92 Å². The van der Waals surface area contributed by atoms with Crippen LogP contribution < -0.4 is 4.74 Å². The molecule has 0 aromatic heterocycles. The molecular weight excluding hydrogens is 378 g/mol. The maximum absolute atomic E-state index is 11.0. The normalized spacial score (nSPS) is 10.2. The highest BCUT2D eigenvalue weighted by Gasteiger charge is 2.16. The van der Waals surface area contributed by atoms with Crippen LogP contribution in [0.3, 0.4) is 0 Å². The Morgan fingerprint density at radius 2 is 1.84 bits per heavy atom. The number of hydrogen-bond acceptors (Lipinski definition) is 3. The molecule has 2 aromatic carbocycles. The van der Waals surface area contributed by atoms with Crippen molar-refractivity contribution < 1.29 is 9.66 Å². The molecule has 4 nitrogen and oxygen atoms in total. The fraction of sp³-hybridized carbons (Fsp3) is 0.0769. The van der Waals surface area contributed by atoms with Gasteiger partial charge in [-0.15, -0.1) is 0 Å². The van der Waals surface area contributed by atoms with E-state index in [1.165, 1.54) is 6.07 Å². The Labute approximate surface area is 126 Å². The molecule has 0 N–H and O–H groups in total. The van der Waals surface area contributed by atoms with Crippen LogP contribution in [0.25, 0.3) is 0 Å². The highest BCUT2D eigenvalue weighted by Crippen LogP contribution is 2.33. The van der Waals surface area contributed by atoms with Crippen LogP contribution in [0.4, 0.5) is 5.69 Å². The Balaban J connectivity index is 2.29. The first kappa shape index (κ1) is 14.0. The topological polar surface area (TPSA) is 52.4 Å². The Bertz CT molecular complexity index is 599. The summed E-state index contributed by atoms with van der Waals surface area (Å²) >= 11 is 6.56. The van der Waals surface area contributed by atoms with Crippen molar-refractivity contribution in [2.45, 2.75) is 5.33 Å². The first-order valence-electron chi connectivity index (χ1n) is 5.37. The summed E-state index contributed by atoms with van der Waals surface area (Å²) in [6, 6.07) is 12.0. The summed E-state index contributed by atoms with van der Waals surface area (Å²) in [5, 5.41) is 11.7. The van der Waals surface area contributed by atoms with Gasteiger partial charge in [-0.1, -0.05) is 44.0 Å². The minimum Gasteiger partial charge on any atom is -0.450 e. The van der Waals surface area contributed by atoms with Crippen molar-refractivity contribution in [3.8, 4) is 11.5 Å². The van der Waals surface area contributed by atoms with E-state index < -0.39 is 4.92 Å². The fourth-order valence-corrected chi connectivity index (χ4v) is 2.22. The molecular formula is C13H9Br2NO3. The first-order valence-corrected chi connectivity index (χ1v) is 7.28. The van der Waals surface area contributed by atoms with Gasteiger partial charge in [-0.05, 0) is 29.8 Å². The van der Waals surface area contributed by atoms with Crippen molar-refractivity contribution in [2.75, 3.05) is 0 Å². The van der Waals surface area contributed by atoms with E-state index in [4.69, 9.17) is 4.74 Å². The summed E-state index contributed by atoms with van der Waals surface area (Å²) in [6.07, 6.45) is 0. The number of halogens is 2. The van der Waals surface area contributed by atoms with E-state index >= 15 is 0 Å². The first-order chi connectivity index (χ1) is 9.10. The molecule has 0 saturated carbocycles. The molecule has 19 heavy (non-hydrogen) atoms. The fourth-order valence-electron chi connectivity index (χ4n) is 1.49. The van der Waals surface area contributed by atoms with Crippen molar-refractivity contribution in [1.29, 1.82) is 0 Å². The Hall–Kier alpha value is -1.40. The third kappa shape index (κ3) is 3.54. The molecule has 0 aliphatic carbocycles. The second kappa shape index (κ2) is 6.16. The quantitative estimate of drug-likeness (QED) is 0.420. The van der Waals surface area contributed by atoms with E-state index in [0.29, 0.717) is 10.2 Å². The van der Waals surface area contributed by atoms with Gasteiger partial charge in [0.2, 0.25) is 5.75 Å². The molecule has 0 atom stereocenters. The number of rotatable bonds is 4. The third-order valence-corrected chi connectivity index (χ3v) is 3.56. The van der Waals surface area contributed by atoms with Crippen LogP contribution >= 0.6 is 31.9 Å². The molecule has 0 spiro atoms. The summed E-state index contributed by atoms with van der Waals surface area (Å²) in [5.41, 5.74) is 1.04.